The lowest BCUT2D eigenvalue weighted by atomic mass is 10.1. The highest BCUT2D eigenvalue weighted by molar-refractivity contribution is 5.92. The number of ether oxygens (including phenoxy) is 1. The van der Waals surface area contributed by atoms with Gasteiger partial charge in [-0.25, -0.2) is 4.39 Å². The second-order valence-corrected chi connectivity index (χ2v) is 5.37. The highest BCUT2D eigenvalue weighted by Crippen LogP contribution is 2.17. The molecule has 1 amide bonds. The number of rotatable bonds is 6. The van der Waals surface area contributed by atoms with E-state index in [-0.39, 0.29) is 24.6 Å². The van der Waals surface area contributed by atoms with Crippen molar-refractivity contribution in [1.29, 1.82) is 5.26 Å². The molecule has 0 aromatic heterocycles. The van der Waals surface area contributed by atoms with Gasteiger partial charge in [-0.2, -0.15) is 5.26 Å². The van der Waals surface area contributed by atoms with Crippen LogP contribution in [0.5, 0.6) is 5.75 Å². The third-order valence-corrected chi connectivity index (χ3v) is 3.39. The summed E-state index contributed by atoms with van der Waals surface area (Å²) in [5, 5.41) is 11.5. The van der Waals surface area contributed by atoms with E-state index in [0.29, 0.717) is 17.0 Å². The standard InChI is InChI=1S/C18H18FN3O2/c1-22(11-14-7-6-13(10-20)8-17(14)19)12-18(23)21-15-4-3-5-16(9-15)24-2/h3-9H,11-12H2,1-2H3,(H,21,23). The first-order chi connectivity index (χ1) is 11.5. The first-order valence-electron chi connectivity index (χ1n) is 7.33. The lowest BCUT2D eigenvalue weighted by Gasteiger charge is -2.17. The summed E-state index contributed by atoms with van der Waals surface area (Å²) >= 11 is 0. The van der Waals surface area contributed by atoms with Crippen LogP contribution in [0.3, 0.4) is 0 Å². The average Bonchev–Trinajstić information content (AvgIpc) is 2.56. The van der Waals surface area contributed by atoms with Crippen molar-refractivity contribution in [1.82, 2.24) is 4.90 Å². The number of nitriles is 1. The highest BCUT2D eigenvalue weighted by Gasteiger charge is 2.11. The SMILES string of the molecule is COc1cccc(NC(=O)CN(C)Cc2ccc(C#N)cc2F)c1. The van der Waals surface area contributed by atoms with Gasteiger partial charge in [-0.3, -0.25) is 9.69 Å². The van der Waals surface area contributed by atoms with Crippen LogP contribution in [-0.2, 0) is 11.3 Å². The van der Waals surface area contributed by atoms with Crippen molar-refractivity contribution in [3.05, 3.63) is 59.4 Å². The molecule has 6 heteroatoms. The first-order valence-corrected chi connectivity index (χ1v) is 7.33. The molecule has 0 saturated heterocycles. The molecule has 0 saturated carbocycles. The van der Waals surface area contributed by atoms with Gasteiger partial charge in [0.2, 0.25) is 5.91 Å². The summed E-state index contributed by atoms with van der Waals surface area (Å²) in [5.41, 5.74) is 1.35. The molecule has 5 nitrogen and oxygen atoms in total. The highest BCUT2D eigenvalue weighted by atomic mass is 19.1. The molecule has 1 N–H and O–H groups in total. The third kappa shape index (κ3) is 4.80. The van der Waals surface area contributed by atoms with Crippen LogP contribution in [-0.4, -0.2) is 31.5 Å². The fourth-order valence-electron chi connectivity index (χ4n) is 2.24. The van der Waals surface area contributed by atoms with Crippen molar-refractivity contribution in [3.63, 3.8) is 0 Å². The number of nitrogens with one attached hydrogen (secondary N) is 1. The van der Waals surface area contributed by atoms with Gasteiger partial charge in [-0.1, -0.05) is 12.1 Å². The summed E-state index contributed by atoms with van der Waals surface area (Å²) in [5.74, 6) is -0.00489. The maximum absolute atomic E-state index is 13.9. The van der Waals surface area contributed by atoms with Gasteiger partial charge in [-0.05, 0) is 31.3 Å². The molecule has 0 atom stereocenters. The number of likely N-dealkylation sites (N-methyl/N-ethyl adjacent to an activating group) is 1. The van der Waals surface area contributed by atoms with Crippen molar-refractivity contribution in [2.45, 2.75) is 6.54 Å². The van der Waals surface area contributed by atoms with Crippen LogP contribution in [0.15, 0.2) is 42.5 Å². The zero-order valence-corrected chi connectivity index (χ0v) is 13.5. The van der Waals surface area contributed by atoms with Gasteiger partial charge in [0.25, 0.3) is 0 Å². The van der Waals surface area contributed by atoms with Gasteiger partial charge >= 0.3 is 0 Å². The van der Waals surface area contributed by atoms with Crippen molar-refractivity contribution < 1.29 is 13.9 Å². The van der Waals surface area contributed by atoms with E-state index < -0.39 is 5.82 Å². The predicted octanol–water partition coefficient (Wildman–Crippen LogP) is 2.78. The molecule has 0 unspecified atom stereocenters. The fraction of sp³-hybridized carbons (Fsp3) is 0.222. The van der Waals surface area contributed by atoms with Crippen LogP contribution in [0, 0.1) is 17.1 Å². The Balaban J connectivity index is 1.93. The van der Waals surface area contributed by atoms with E-state index in [0.717, 1.165) is 0 Å². The summed E-state index contributed by atoms with van der Waals surface area (Å²) in [6.07, 6.45) is 0. The number of carbonyl (C=O) groups excluding carboxylic acids is 1. The average molecular weight is 327 g/mol. The minimum absolute atomic E-state index is 0.108. The Morgan fingerprint density at radius 1 is 1.33 bits per heavy atom. The number of methoxy groups -OCH3 is 1. The van der Waals surface area contributed by atoms with Crippen molar-refractivity contribution in [2.75, 3.05) is 26.0 Å². The van der Waals surface area contributed by atoms with E-state index in [1.54, 1.807) is 55.5 Å². The van der Waals surface area contributed by atoms with E-state index >= 15 is 0 Å². The summed E-state index contributed by atoms with van der Waals surface area (Å²) in [7, 11) is 3.28. The van der Waals surface area contributed by atoms with Gasteiger partial charge in [0.1, 0.15) is 11.6 Å². The number of halogens is 1. The quantitative estimate of drug-likeness (QED) is 0.886. The van der Waals surface area contributed by atoms with Gasteiger partial charge < -0.3 is 10.1 Å². The number of amides is 1. The molecule has 0 radical (unpaired) electrons. The maximum Gasteiger partial charge on any atom is 0.238 e. The van der Waals surface area contributed by atoms with E-state index in [2.05, 4.69) is 5.32 Å². The molecule has 0 aliphatic carbocycles. The fourth-order valence-corrected chi connectivity index (χ4v) is 2.24. The Bertz CT molecular complexity index is 771. The predicted molar refractivity (Wildman–Crippen MR) is 89.1 cm³/mol. The van der Waals surface area contributed by atoms with Crippen LogP contribution in [0.1, 0.15) is 11.1 Å². The number of hydrogen-bond acceptors (Lipinski definition) is 4. The van der Waals surface area contributed by atoms with E-state index in [4.69, 9.17) is 10.00 Å². The molecule has 0 aliphatic rings. The molecule has 0 bridgehead atoms. The Labute approximate surface area is 140 Å². The molecule has 24 heavy (non-hydrogen) atoms. The summed E-state index contributed by atoms with van der Waals surface area (Å²) in [6, 6.07) is 13.3. The summed E-state index contributed by atoms with van der Waals surface area (Å²) < 4.78 is 19.0. The molecule has 2 aromatic rings. The normalized spacial score (nSPS) is 10.3. The van der Waals surface area contributed by atoms with Crippen LogP contribution in [0.2, 0.25) is 0 Å². The van der Waals surface area contributed by atoms with Crippen LogP contribution >= 0.6 is 0 Å². The van der Waals surface area contributed by atoms with Gasteiger partial charge in [0.15, 0.2) is 0 Å². The number of benzene rings is 2. The lowest BCUT2D eigenvalue weighted by Crippen LogP contribution is -2.30. The third-order valence-electron chi connectivity index (χ3n) is 3.39. The largest absolute Gasteiger partial charge is 0.497 e. The monoisotopic (exact) mass is 327 g/mol. The van der Waals surface area contributed by atoms with Crippen molar-refractivity contribution in [3.8, 4) is 11.8 Å². The second kappa shape index (κ2) is 8.09. The van der Waals surface area contributed by atoms with Gasteiger partial charge in [-0.15, -0.1) is 0 Å². The molecule has 0 fully saturated rings. The molecule has 0 heterocycles. The van der Waals surface area contributed by atoms with Crippen LogP contribution in [0.4, 0.5) is 10.1 Å². The van der Waals surface area contributed by atoms with Crippen molar-refractivity contribution >= 4 is 11.6 Å². The lowest BCUT2D eigenvalue weighted by molar-refractivity contribution is -0.117. The molecule has 0 spiro atoms. The van der Waals surface area contributed by atoms with Gasteiger partial charge in [0.05, 0.1) is 25.3 Å². The maximum atomic E-state index is 13.9. The number of hydrogen-bond donors (Lipinski definition) is 1. The second-order valence-electron chi connectivity index (χ2n) is 5.37. The number of nitrogens with zero attached hydrogens (tertiary/aromatic N) is 2. The van der Waals surface area contributed by atoms with Crippen LogP contribution in [0.25, 0.3) is 0 Å². The summed E-state index contributed by atoms with van der Waals surface area (Å²) in [6.45, 7) is 0.375. The van der Waals surface area contributed by atoms with E-state index in [1.807, 2.05) is 6.07 Å². The summed E-state index contributed by atoms with van der Waals surface area (Å²) in [4.78, 5) is 13.8. The zero-order chi connectivity index (χ0) is 17.5. The Kier molecular flexibility index (Phi) is 5.88. The van der Waals surface area contributed by atoms with Gasteiger partial charge in [0, 0.05) is 23.9 Å². The Morgan fingerprint density at radius 2 is 2.12 bits per heavy atom. The minimum atomic E-state index is -0.450. The van der Waals surface area contributed by atoms with E-state index in [9.17, 15) is 9.18 Å². The number of anilines is 1. The zero-order valence-electron chi connectivity index (χ0n) is 13.5. The molecule has 0 aliphatic heterocycles. The molecule has 124 valence electrons. The first kappa shape index (κ1) is 17.4. The molecular weight excluding hydrogens is 309 g/mol. The topological polar surface area (TPSA) is 65.4 Å². The Hall–Kier alpha value is -2.91. The minimum Gasteiger partial charge on any atom is -0.497 e. The molecule has 2 aromatic carbocycles. The van der Waals surface area contributed by atoms with Crippen LogP contribution < -0.4 is 10.1 Å². The van der Waals surface area contributed by atoms with Crippen molar-refractivity contribution in [2.24, 2.45) is 0 Å². The number of carbonyl (C=O) groups is 1. The van der Waals surface area contributed by atoms with E-state index in [1.165, 1.54) is 6.07 Å². The molecular formula is C18H18FN3O2. The Morgan fingerprint density at radius 3 is 2.79 bits per heavy atom. The molecule has 2 rings (SSSR count). The smallest absolute Gasteiger partial charge is 0.238 e.